The quantitative estimate of drug-likeness (QED) is 0.737. The summed E-state index contributed by atoms with van der Waals surface area (Å²) in [7, 11) is 1.83. The Morgan fingerprint density at radius 2 is 2.30 bits per heavy atom. The van der Waals surface area contributed by atoms with E-state index in [1.54, 1.807) is 0 Å². The fourth-order valence-electron chi connectivity index (χ4n) is 1.23. The summed E-state index contributed by atoms with van der Waals surface area (Å²) >= 11 is 0. The molecule has 0 saturated carbocycles. The third kappa shape index (κ3) is 2.30. The van der Waals surface area contributed by atoms with Crippen LogP contribution in [0.2, 0.25) is 0 Å². The zero-order valence-corrected chi connectivity index (χ0v) is 8.89. The molecule has 0 aromatic carbocycles. The van der Waals surface area contributed by atoms with Gasteiger partial charge in [0.15, 0.2) is 0 Å². The minimum Gasteiger partial charge on any atom is -0.395 e. The summed E-state index contributed by atoms with van der Waals surface area (Å²) in [5.74, 6) is 0. The van der Waals surface area contributed by atoms with Gasteiger partial charge in [0.05, 0.1) is 6.61 Å². The Morgan fingerprint density at radius 3 is 2.50 bits per heavy atom. The first-order valence-corrected chi connectivity index (χ1v) is 3.19. The Balaban J connectivity index is 0.000000810. The molecule has 2 unspecified atom stereocenters. The van der Waals surface area contributed by atoms with Crippen LogP contribution in [0.1, 0.15) is 6.42 Å². The van der Waals surface area contributed by atoms with Gasteiger partial charge in [-0.2, -0.15) is 0 Å². The Morgan fingerprint density at radius 1 is 1.70 bits per heavy atom. The first-order valence-electron chi connectivity index (χ1n) is 3.19. The van der Waals surface area contributed by atoms with Crippen molar-refractivity contribution >= 4 is 0 Å². The maximum Gasteiger partial charge on any atom is 0.114 e. The summed E-state index contributed by atoms with van der Waals surface area (Å²) in [6.45, 7) is 0.558. The van der Waals surface area contributed by atoms with Gasteiger partial charge < -0.3 is 5.11 Å². The van der Waals surface area contributed by atoms with Crippen molar-refractivity contribution in [1.29, 1.82) is 0 Å². The fourth-order valence-corrected chi connectivity index (χ4v) is 1.23. The molecule has 0 aromatic rings. The van der Waals surface area contributed by atoms with E-state index in [-0.39, 0.29) is 33.7 Å². The molecule has 4 heteroatoms. The number of likely N-dealkylation sites (N-methyl/N-ethyl adjacent to an activating group) is 1. The molecule has 0 spiro atoms. The van der Waals surface area contributed by atoms with Crippen molar-refractivity contribution in [2.45, 2.75) is 18.6 Å². The molecule has 0 aliphatic carbocycles. The fraction of sp³-hybridized carbons (Fsp3) is 1.00. The molecule has 60 valence electrons. The largest absolute Gasteiger partial charge is 0.395 e. The Labute approximate surface area is 74.7 Å². The van der Waals surface area contributed by atoms with Gasteiger partial charge in [-0.05, 0) is 13.5 Å². The number of halogens is 1. The first-order chi connectivity index (χ1) is 4.24. The number of nitrogens with zero attached hydrogens (tertiary/aromatic N) is 1. The molecule has 1 saturated heterocycles. The van der Waals surface area contributed by atoms with Crippen molar-refractivity contribution in [3.63, 3.8) is 0 Å². The van der Waals surface area contributed by atoms with Crippen LogP contribution >= 0.6 is 0 Å². The first kappa shape index (κ1) is 10.5. The molecule has 1 aliphatic rings. The third-order valence-electron chi connectivity index (χ3n) is 1.85. The van der Waals surface area contributed by atoms with Gasteiger partial charge in [-0.15, -0.1) is 0 Å². The van der Waals surface area contributed by atoms with Gasteiger partial charge in [0.1, 0.15) is 6.17 Å². The van der Waals surface area contributed by atoms with Gasteiger partial charge in [0.2, 0.25) is 0 Å². The van der Waals surface area contributed by atoms with E-state index in [9.17, 15) is 4.39 Å². The van der Waals surface area contributed by atoms with Crippen LogP contribution in [0.3, 0.4) is 0 Å². The number of rotatable bonds is 1. The molecule has 1 rings (SSSR count). The second kappa shape index (κ2) is 4.42. The maximum atomic E-state index is 12.5. The minimum atomic E-state index is -0.729. The zero-order valence-electron chi connectivity index (χ0n) is 5.96. The average molecular weight is 317 g/mol. The molecule has 0 aromatic heterocycles. The third-order valence-corrected chi connectivity index (χ3v) is 1.85. The summed E-state index contributed by atoms with van der Waals surface area (Å²) in [6.07, 6.45) is -0.236. The Bertz CT molecular complexity index is 104. The molecule has 10 heavy (non-hydrogen) atoms. The molecule has 1 N–H and O–H groups in total. The van der Waals surface area contributed by atoms with Crippen molar-refractivity contribution in [2.24, 2.45) is 0 Å². The van der Waals surface area contributed by atoms with E-state index in [1.165, 1.54) is 0 Å². The van der Waals surface area contributed by atoms with E-state index >= 15 is 0 Å². The number of alkyl halides is 1. The summed E-state index contributed by atoms with van der Waals surface area (Å²) in [5, 5.41) is 8.65. The van der Waals surface area contributed by atoms with E-state index in [4.69, 9.17) is 5.11 Å². The van der Waals surface area contributed by atoms with Crippen LogP contribution in [-0.4, -0.2) is 42.4 Å². The van der Waals surface area contributed by atoms with Gasteiger partial charge in [-0.1, -0.05) is 0 Å². The van der Waals surface area contributed by atoms with Gasteiger partial charge >= 0.3 is 0 Å². The van der Waals surface area contributed by atoms with Gasteiger partial charge in [0, 0.05) is 33.7 Å². The molecule has 0 amide bonds. The van der Waals surface area contributed by atoms with Gasteiger partial charge in [-0.3, -0.25) is 4.90 Å². The van der Waals surface area contributed by atoms with Crippen LogP contribution in [0, 0.1) is 0 Å². The van der Waals surface area contributed by atoms with Gasteiger partial charge in [-0.25, -0.2) is 4.39 Å². The molecular weight excluding hydrogens is 305 g/mol. The van der Waals surface area contributed by atoms with E-state index in [2.05, 4.69) is 0 Å². The van der Waals surface area contributed by atoms with Crippen molar-refractivity contribution in [3.8, 4) is 0 Å². The van der Waals surface area contributed by atoms with Crippen LogP contribution in [0.15, 0.2) is 0 Å². The van der Waals surface area contributed by atoms with E-state index in [0.29, 0.717) is 13.0 Å². The van der Waals surface area contributed by atoms with Crippen LogP contribution < -0.4 is 0 Å². The van der Waals surface area contributed by atoms with Crippen molar-refractivity contribution < 1.29 is 30.6 Å². The summed E-state index contributed by atoms with van der Waals surface area (Å²) < 4.78 is 12.5. The van der Waals surface area contributed by atoms with Crippen LogP contribution in [-0.2, 0) is 21.1 Å². The second-order valence-electron chi connectivity index (χ2n) is 2.61. The normalized spacial score (nSPS) is 33.9. The zero-order chi connectivity index (χ0) is 6.85. The molecular formula is C6H12FNOW. The molecule has 2 nitrogen and oxygen atoms in total. The number of hydrogen-bond acceptors (Lipinski definition) is 2. The van der Waals surface area contributed by atoms with Crippen LogP contribution in [0.4, 0.5) is 4.39 Å². The summed E-state index contributed by atoms with van der Waals surface area (Å²) in [6, 6.07) is 0.0556. The molecule has 1 aliphatic heterocycles. The Hall–Kier alpha value is 0.538. The minimum absolute atomic E-state index is 0. The van der Waals surface area contributed by atoms with Crippen LogP contribution in [0.25, 0.3) is 0 Å². The van der Waals surface area contributed by atoms with Crippen LogP contribution in [0.5, 0.6) is 0 Å². The van der Waals surface area contributed by atoms with Gasteiger partial charge in [0.25, 0.3) is 0 Å². The second-order valence-corrected chi connectivity index (χ2v) is 2.61. The van der Waals surface area contributed by atoms with E-state index < -0.39 is 6.17 Å². The number of aliphatic hydroxyl groups excluding tert-OH is 1. The number of likely N-dealkylation sites (tertiary alicyclic amines) is 1. The molecule has 2 atom stereocenters. The predicted molar refractivity (Wildman–Crippen MR) is 33.0 cm³/mol. The summed E-state index contributed by atoms with van der Waals surface area (Å²) in [5.41, 5.74) is 0. The van der Waals surface area contributed by atoms with E-state index in [1.807, 2.05) is 11.9 Å². The summed E-state index contributed by atoms with van der Waals surface area (Å²) in [4.78, 5) is 1.85. The molecule has 1 fully saturated rings. The van der Waals surface area contributed by atoms with E-state index in [0.717, 1.165) is 0 Å². The number of aliphatic hydroxyl groups is 1. The maximum absolute atomic E-state index is 12.5. The van der Waals surface area contributed by atoms with Crippen molar-refractivity contribution in [3.05, 3.63) is 0 Å². The monoisotopic (exact) mass is 317 g/mol. The van der Waals surface area contributed by atoms with Crippen molar-refractivity contribution in [2.75, 3.05) is 20.2 Å². The smallest absolute Gasteiger partial charge is 0.114 e. The SMILES string of the molecule is CN1CC(F)CC1CO.[W]. The topological polar surface area (TPSA) is 23.5 Å². The van der Waals surface area contributed by atoms with Crippen molar-refractivity contribution in [1.82, 2.24) is 4.90 Å². The molecule has 0 radical (unpaired) electrons. The number of hydrogen-bond donors (Lipinski definition) is 1. The predicted octanol–water partition coefficient (Wildman–Crippen LogP) is 0.0184. The average Bonchev–Trinajstić information content (AvgIpc) is 2.10. The standard InChI is InChI=1S/C6H12FNO.W/c1-8-3-5(7)2-6(8)4-9;/h5-6,9H,2-4H2,1H3;. The molecule has 0 bridgehead atoms. The Kier molecular flexibility index (Phi) is 4.66. The molecule has 1 heterocycles.